The van der Waals surface area contributed by atoms with Gasteiger partial charge < -0.3 is 9.30 Å². The van der Waals surface area contributed by atoms with Gasteiger partial charge in [-0.25, -0.2) is 4.98 Å². The zero-order chi connectivity index (χ0) is 18.3. The van der Waals surface area contributed by atoms with Crippen molar-refractivity contribution in [1.29, 1.82) is 0 Å². The monoisotopic (exact) mass is 398 g/mol. The fourth-order valence-corrected chi connectivity index (χ4v) is 3.29. The lowest BCUT2D eigenvalue weighted by molar-refractivity contribution is 0.0769. The number of hydrogen-bond acceptors (Lipinski definition) is 3. The van der Waals surface area contributed by atoms with Gasteiger partial charge in [0.1, 0.15) is 0 Å². The maximum atomic E-state index is 5.95. The Morgan fingerprint density at radius 1 is 1.32 bits per heavy atom. The van der Waals surface area contributed by atoms with E-state index in [1.807, 2.05) is 10.8 Å². The number of thioether (sulfide) groups is 1. The van der Waals surface area contributed by atoms with Gasteiger partial charge in [0.15, 0.2) is 0 Å². The third kappa shape index (κ3) is 7.06. The van der Waals surface area contributed by atoms with Crippen LogP contribution in [0.3, 0.4) is 0 Å². The van der Waals surface area contributed by atoms with Gasteiger partial charge in [-0.15, -0.1) is 11.8 Å². The van der Waals surface area contributed by atoms with Gasteiger partial charge in [0.25, 0.3) is 0 Å². The summed E-state index contributed by atoms with van der Waals surface area (Å²) in [6, 6.07) is 8.73. The highest BCUT2D eigenvalue weighted by Gasteiger charge is 2.14. The second kappa shape index (κ2) is 9.67. The predicted molar refractivity (Wildman–Crippen MR) is 108 cm³/mol. The number of hydrogen-bond donors (Lipinski definition) is 0. The van der Waals surface area contributed by atoms with E-state index in [2.05, 4.69) is 50.0 Å². The third-order valence-corrected chi connectivity index (χ3v) is 5.44. The van der Waals surface area contributed by atoms with Crippen molar-refractivity contribution in [2.24, 2.45) is 0 Å². The molecule has 6 heteroatoms. The van der Waals surface area contributed by atoms with Crippen molar-refractivity contribution in [2.45, 2.75) is 43.7 Å². The van der Waals surface area contributed by atoms with Crippen LogP contribution in [-0.4, -0.2) is 28.0 Å². The second-order valence-corrected chi connectivity index (χ2v) is 8.63. The van der Waals surface area contributed by atoms with Crippen LogP contribution in [0, 0.1) is 0 Å². The van der Waals surface area contributed by atoms with Gasteiger partial charge in [0.2, 0.25) is 0 Å². The first kappa shape index (κ1) is 20.4. The topological polar surface area (TPSA) is 27.1 Å². The van der Waals surface area contributed by atoms with Gasteiger partial charge >= 0.3 is 0 Å². The third-order valence-electron chi connectivity index (χ3n) is 3.71. The minimum Gasteiger partial charge on any atom is -0.370 e. The highest BCUT2D eigenvalue weighted by molar-refractivity contribution is 7.99. The van der Waals surface area contributed by atoms with Crippen molar-refractivity contribution < 1.29 is 4.74 Å². The first-order valence-corrected chi connectivity index (χ1v) is 9.94. The van der Waals surface area contributed by atoms with Crippen molar-refractivity contribution in [2.75, 3.05) is 12.4 Å². The summed E-state index contributed by atoms with van der Waals surface area (Å²) in [5.74, 6) is 0.819. The van der Waals surface area contributed by atoms with Crippen LogP contribution in [0.25, 0.3) is 0 Å². The molecule has 1 heterocycles. The molecule has 0 spiro atoms. The molecule has 0 saturated heterocycles. The summed E-state index contributed by atoms with van der Waals surface area (Å²) in [5.41, 5.74) is 2.84. The van der Waals surface area contributed by atoms with Crippen LogP contribution in [0.5, 0.6) is 0 Å². The zero-order valence-electron chi connectivity index (χ0n) is 14.8. The lowest BCUT2D eigenvalue weighted by atomic mass is 9.87. The summed E-state index contributed by atoms with van der Waals surface area (Å²) < 4.78 is 7.92. The van der Waals surface area contributed by atoms with Crippen LogP contribution in [0.15, 0.2) is 58.4 Å². The molecule has 1 aromatic carbocycles. The zero-order valence-corrected chi connectivity index (χ0v) is 17.1. The molecule has 1 unspecified atom stereocenters. The Labute approximate surface area is 164 Å². The number of benzene rings is 1. The van der Waals surface area contributed by atoms with Gasteiger partial charge in [0, 0.05) is 28.6 Å². The van der Waals surface area contributed by atoms with E-state index in [1.165, 1.54) is 16.0 Å². The summed E-state index contributed by atoms with van der Waals surface area (Å²) in [7, 11) is 0. The van der Waals surface area contributed by atoms with Crippen molar-refractivity contribution in [3.05, 3.63) is 59.1 Å². The molecule has 3 nitrogen and oxygen atoms in total. The Balaban J connectivity index is 1.95. The summed E-state index contributed by atoms with van der Waals surface area (Å²) >= 11 is 13.3. The van der Waals surface area contributed by atoms with E-state index in [0.29, 0.717) is 11.6 Å². The Hall–Kier alpha value is -0.940. The van der Waals surface area contributed by atoms with Crippen LogP contribution in [0.1, 0.15) is 26.3 Å². The molecule has 0 fully saturated rings. The molecule has 2 rings (SSSR count). The molecular weight excluding hydrogens is 375 g/mol. The van der Waals surface area contributed by atoms with Crippen LogP contribution < -0.4 is 0 Å². The Morgan fingerprint density at radius 2 is 2.04 bits per heavy atom. The number of rotatable bonds is 8. The molecule has 0 radical (unpaired) electrons. The normalized spacial score (nSPS) is 13.9. The van der Waals surface area contributed by atoms with Crippen molar-refractivity contribution in [1.82, 2.24) is 9.55 Å². The van der Waals surface area contributed by atoms with Crippen molar-refractivity contribution >= 4 is 35.0 Å². The van der Waals surface area contributed by atoms with E-state index in [9.17, 15) is 0 Å². The molecule has 0 aliphatic rings. The van der Waals surface area contributed by atoms with Crippen LogP contribution in [0.4, 0.5) is 0 Å². The predicted octanol–water partition coefficient (Wildman–Crippen LogP) is 5.68. The largest absolute Gasteiger partial charge is 0.370 e. The summed E-state index contributed by atoms with van der Waals surface area (Å²) in [5, 5.41) is 0.497. The van der Waals surface area contributed by atoms with Gasteiger partial charge in [-0.3, -0.25) is 0 Å². The maximum absolute atomic E-state index is 5.95. The Bertz CT molecular complexity index is 664. The second-order valence-electron chi connectivity index (χ2n) is 6.83. The summed E-state index contributed by atoms with van der Waals surface area (Å²) in [6.45, 7) is 7.70. The lowest BCUT2D eigenvalue weighted by Gasteiger charge is -2.20. The van der Waals surface area contributed by atoms with E-state index in [1.54, 1.807) is 24.3 Å². The fourth-order valence-electron chi connectivity index (χ4n) is 2.25. The summed E-state index contributed by atoms with van der Waals surface area (Å²) in [4.78, 5) is 5.31. The minimum absolute atomic E-state index is 0.00635. The van der Waals surface area contributed by atoms with E-state index in [0.717, 1.165) is 12.3 Å². The molecule has 1 aromatic heterocycles. The van der Waals surface area contributed by atoms with Crippen molar-refractivity contribution in [3.63, 3.8) is 0 Å². The SMILES string of the molecule is CC(C)(C)c1ccc(SCC(Cn2ccnc2)OCC(Cl)=CCl)cc1. The minimum atomic E-state index is 0.00635. The number of halogens is 2. The number of ether oxygens (including phenoxy) is 1. The maximum Gasteiger partial charge on any atom is 0.0946 e. The molecule has 0 saturated carbocycles. The van der Waals surface area contributed by atoms with E-state index >= 15 is 0 Å². The number of imidazole rings is 1. The highest BCUT2D eigenvalue weighted by atomic mass is 35.5. The van der Waals surface area contributed by atoms with E-state index < -0.39 is 0 Å². The molecule has 136 valence electrons. The Morgan fingerprint density at radius 3 is 2.60 bits per heavy atom. The molecule has 0 amide bonds. The van der Waals surface area contributed by atoms with E-state index in [-0.39, 0.29) is 11.5 Å². The molecule has 1 atom stereocenters. The quantitative estimate of drug-likeness (QED) is 0.535. The van der Waals surface area contributed by atoms with Crippen LogP contribution >= 0.6 is 35.0 Å². The Kier molecular flexibility index (Phi) is 7.88. The molecule has 0 N–H and O–H groups in total. The molecule has 25 heavy (non-hydrogen) atoms. The van der Waals surface area contributed by atoms with Gasteiger partial charge in [-0.1, -0.05) is 56.1 Å². The van der Waals surface area contributed by atoms with Gasteiger partial charge in [0.05, 0.1) is 30.6 Å². The fraction of sp³-hybridized carbons (Fsp3) is 0.421. The molecule has 0 aliphatic carbocycles. The average molecular weight is 399 g/mol. The molecular formula is C19H24Cl2N2OS. The molecule has 0 bridgehead atoms. The first-order chi connectivity index (χ1) is 11.9. The standard InChI is InChI=1S/C19H24Cl2N2OS/c1-19(2,3)15-4-6-18(7-5-15)25-13-17(24-12-16(21)10-20)11-23-9-8-22-14-23/h4-10,14,17H,11-13H2,1-3H3. The van der Waals surface area contributed by atoms with Gasteiger partial charge in [-0.05, 0) is 23.1 Å². The number of aromatic nitrogens is 2. The first-order valence-electron chi connectivity index (χ1n) is 8.14. The highest BCUT2D eigenvalue weighted by Crippen LogP contribution is 2.26. The van der Waals surface area contributed by atoms with Gasteiger partial charge in [-0.2, -0.15) is 0 Å². The summed E-state index contributed by atoms with van der Waals surface area (Å²) in [6.07, 6.45) is 5.49. The lowest BCUT2D eigenvalue weighted by Crippen LogP contribution is -2.23. The van der Waals surface area contributed by atoms with E-state index in [4.69, 9.17) is 27.9 Å². The molecule has 0 aliphatic heterocycles. The van der Waals surface area contributed by atoms with Crippen molar-refractivity contribution in [3.8, 4) is 0 Å². The number of nitrogens with zero attached hydrogens (tertiary/aromatic N) is 2. The smallest absolute Gasteiger partial charge is 0.0946 e. The van der Waals surface area contributed by atoms with Crippen LogP contribution in [0.2, 0.25) is 0 Å². The average Bonchev–Trinajstić information content (AvgIpc) is 3.09. The van der Waals surface area contributed by atoms with Crippen LogP contribution in [-0.2, 0) is 16.7 Å². The molecule has 2 aromatic rings.